The predicted octanol–water partition coefficient (Wildman–Crippen LogP) is 4.60. The van der Waals surface area contributed by atoms with Crippen molar-refractivity contribution in [3.63, 3.8) is 0 Å². The minimum Gasteiger partial charge on any atom is -0.451 e. The lowest BCUT2D eigenvalue weighted by molar-refractivity contribution is 0.0568. The van der Waals surface area contributed by atoms with Crippen LogP contribution in [0.3, 0.4) is 0 Å². The molecule has 1 saturated heterocycles. The molecule has 10 nitrogen and oxygen atoms in total. The number of carbonyl (C=O) groups excluding carboxylic acids is 1. The van der Waals surface area contributed by atoms with Crippen LogP contribution >= 0.6 is 0 Å². The van der Waals surface area contributed by atoms with Gasteiger partial charge in [0.25, 0.3) is 5.91 Å². The summed E-state index contributed by atoms with van der Waals surface area (Å²) in [5, 5.41) is 3.08. The number of carbonyl (C=O) groups is 1. The number of anilines is 1. The average molecular weight is 623 g/mol. The van der Waals surface area contributed by atoms with Crippen molar-refractivity contribution in [2.24, 2.45) is 5.92 Å². The van der Waals surface area contributed by atoms with Crippen molar-refractivity contribution in [3.05, 3.63) is 42.1 Å². The summed E-state index contributed by atoms with van der Waals surface area (Å²) in [5.41, 5.74) is -1.36. The van der Waals surface area contributed by atoms with Crippen LogP contribution in [0.1, 0.15) is 69.7 Å². The van der Waals surface area contributed by atoms with Gasteiger partial charge in [-0.15, -0.1) is 0 Å². The number of likely N-dealkylation sites (tertiary alicyclic amines) is 1. The first-order valence-electron chi connectivity index (χ1n) is 15.1. The third-order valence-electron chi connectivity index (χ3n) is 8.36. The molecule has 1 aromatic carbocycles. The Morgan fingerprint density at radius 2 is 1.88 bits per heavy atom. The zero-order valence-corrected chi connectivity index (χ0v) is 26.3. The van der Waals surface area contributed by atoms with E-state index < -0.39 is 21.5 Å². The molecule has 4 rings (SSSR count). The van der Waals surface area contributed by atoms with E-state index in [0.29, 0.717) is 38.4 Å². The van der Waals surface area contributed by atoms with Gasteiger partial charge in [0, 0.05) is 38.3 Å². The van der Waals surface area contributed by atoms with Gasteiger partial charge in [0.2, 0.25) is 10.0 Å². The van der Waals surface area contributed by atoms with Crippen molar-refractivity contribution in [2.75, 3.05) is 44.3 Å². The van der Waals surface area contributed by atoms with Crippen LogP contribution in [0.25, 0.3) is 0 Å². The van der Waals surface area contributed by atoms with Gasteiger partial charge in [-0.25, -0.2) is 31.9 Å². The maximum Gasteiger partial charge on any atom is 0.257 e. The molecule has 0 spiro atoms. The summed E-state index contributed by atoms with van der Waals surface area (Å²) in [6, 6.07) is 3.69. The summed E-state index contributed by atoms with van der Waals surface area (Å²) >= 11 is 0. The molecule has 1 aliphatic heterocycles. The van der Waals surface area contributed by atoms with Gasteiger partial charge in [-0.05, 0) is 83.4 Å². The molecule has 2 N–H and O–H groups in total. The lowest BCUT2D eigenvalue weighted by atomic mass is 9.85. The first-order valence-corrected chi connectivity index (χ1v) is 17.0. The molecule has 1 aromatic heterocycles. The van der Waals surface area contributed by atoms with Crippen molar-refractivity contribution >= 4 is 21.7 Å². The second-order valence-electron chi connectivity index (χ2n) is 12.1. The van der Waals surface area contributed by atoms with Gasteiger partial charge < -0.3 is 19.9 Å². The Kier molecular flexibility index (Phi) is 10.9. The van der Waals surface area contributed by atoms with Gasteiger partial charge in [-0.3, -0.25) is 4.79 Å². The number of nitrogens with zero attached hydrogens (tertiary/aromatic N) is 4. The maximum absolute atomic E-state index is 15.9. The molecule has 2 aromatic rings. The highest BCUT2D eigenvalue weighted by atomic mass is 32.2. The average Bonchev–Trinajstić information content (AvgIpc) is 2.95. The lowest BCUT2D eigenvalue weighted by Crippen LogP contribution is -2.47. The van der Waals surface area contributed by atoms with Crippen molar-refractivity contribution in [1.29, 1.82) is 0 Å². The summed E-state index contributed by atoms with van der Waals surface area (Å²) in [6.45, 7) is 8.28. The van der Waals surface area contributed by atoms with E-state index in [1.165, 1.54) is 30.9 Å². The molecule has 43 heavy (non-hydrogen) atoms. The molecule has 1 aliphatic carbocycles. The highest BCUT2D eigenvalue weighted by molar-refractivity contribution is 7.88. The number of piperidine rings is 1. The first kappa shape index (κ1) is 33.0. The number of halogens is 2. The molecule has 238 valence electrons. The fraction of sp³-hybridized carbons (Fsp3) is 0.633. The Morgan fingerprint density at radius 3 is 2.51 bits per heavy atom. The van der Waals surface area contributed by atoms with Crippen molar-refractivity contribution in [1.82, 2.24) is 24.5 Å². The molecule has 2 aliphatic rings. The normalized spacial score (nSPS) is 21.0. The van der Waals surface area contributed by atoms with Crippen molar-refractivity contribution in [3.8, 4) is 11.5 Å². The van der Waals surface area contributed by atoms with E-state index in [-0.39, 0.29) is 47.4 Å². The number of sulfonamides is 1. The Bertz CT molecular complexity index is 1350. The monoisotopic (exact) mass is 622 g/mol. The van der Waals surface area contributed by atoms with Crippen LogP contribution < -0.4 is 14.8 Å². The summed E-state index contributed by atoms with van der Waals surface area (Å²) in [7, 11) is -3.19. The molecular formula is C30H44F2N6O4S. The molecule has 1 amide bonds. The Morgan fingerprint density at radius 1 is 1.19 bits per heavy atom. The number of benzene rings is 1. The molecule has 1 saturated carbocycles. The van der Waals surface area contributed by atoms with Crippen LogP contribution in [-0.4, -0.2) is 90.8 Å². The van der Waals surface area contributed by atoms with E-state index in [2.05, 4.69) is 24.9 Å². The highest BCUT2D eigenvalue weighted by Crippen LogP contribution is 2.34. The van der Waals surface area contributed by atoms with E-state index in [0.717, 1.165) is 38.3 Å². The Hall–Kier alpha value is -2.90. The van der Waals surface area contributed by atoms with Crippen LogP contribution in [0, 0.1) is 11.7 Å². The van der Waals surface area contributed by atoms with E-state index in [1.54, 1.807) is 4.90 Å². The number of rotatable bonds is 12. The predicted molar refractivity (Wildman–Crippen MR) is 162 cm³/mol. The molecular weight excluding hydrogens is 578 g/mol. The molecule has 0 unspecified atom stereocenters. The Labute approximate surface area is 253 Å². The molecule has 0 bridgehead atoms. The second kappa shape index (κ2) is 14.3. The smallest absolute Gasteiger partial charge is 0.257 e. The van der Waals surface area contributed by atoms with Gasteiger partial charge >= 0.3 is 0 Å². The van der Waals surface area contributed by atoms with Gasteiger partial charge in [0.05, 0.1) is 24.6 Å². The van der Waals surface area contributed by atoms with E-state index in [1.807, 2.05) is 20.8 Å². The maximum atomic E-state index is 15.9. The van der Waals surface area contributed by atoms with Gasteiger partial charge in [-0.2, -0.15) is 0 Å². The summed E-state index contributed by atoms with van der Waals surface area (Å²) in [6.07, 6.45) is 8.26. The third kappa shape index (κ3) is 9.29. The van der Waals surface area contributed by atoms with Crippen LogP contribution in [0.4, 0.5) is 14.6 Å². The minimum absolute atomic E-state index is 0.00838. The number of aromatic nitrogens is 2. The van der Waals surface area contributed by atoms with E-state index in [9.17, 15) is 17.6 Å². The molecule has 2 heterocycles. The SMILES string of the molecule is CCN(C(=O)c1cc(F)ccc1Oc1cncnc1NCC1(F)CCN(CC2CCC(NS(C)(=O)=O)CC2)CC1)C(C)C. The van der Waals surface area contributed by atoms with Gasteiger partial charge in [0.1, 0.15) is 23.6 Å². The summed E-state index contributed by atoms with van der Waals surface area (Å²) < 4.78 is 61.8. The van der Waals surface area contributed by atoms with E-state index in [4.69, 9.17) is 4.74 Å². The van der Waals surface area contributed by atoms with E-state index >= 15 is 4.39 Å². The largest absolute Gasteiger partial charge is 0.451 e. The highest BCUT2D eigenvalue weighted by Gasteiger charge is 2.36. The fourth-order valence-electron chi connectivity index (χ4n) is 5.99. The van der Waals surface area contributed by atoms with Gasteiger partial charge in [-0.1, -0.05) is 0 Å². The zero-order chi connectivity index (χ0) is 31.2. The number of hydrogen-bond donors (Lipinski definition) is 2. The fourth-order valence-corrected chi connectivity index (χ4v) is 6.83. The third-order valence-corrected chi connectivity index (χ3v) is 9.13. The number of ether oxygens (including phenoxy) is 1. The summed E-state index contributed by atoms with van der Waals surface area (Å²) in [4.78, 5) is 25.4. The minimum atomic E-state index is -3.19. The zero-order valence-electron chi connectivity index (χ0n) is 25.5. The van der Waals surface area contributed by atoms with Crippen LogP contribution in [0.5, 0.6) is 11.5 Å². The number of amides is 1. The topological polar surface area (TPSA) is 117 Å². The van der Waals surface area contributed by atoms with Crippen LogP contribution in [0.2, 0.25) is 0 Å². The molecule has 0 radical (unpaired) electrons. The summed E-state index contributed by atoms with van der Waals surface area (Å²) in [5.74, 6) is 0.224. The molecule has 0 atom stereocenters. The number of alkyl halides is 1. The molecule has 2 fully saturated rings. The quantitative estimate of drug-likeness (QED) is 0.353. The van der Waals surface area contributed by atoms with Gasteiger partial charge in [0.15, 0.2) is 11.6 Å². The standard InChI is InChI=1S/C30H44F2N6O4S/c1-5-38(21(2)3)29(39)25-16-23(31)8-11-26(25)42-27-17-33-20-35-28(27)34-19-30(32)12-14-37(15-13-30)18-22-6-9-24(10-7-22)36-43(4,40)41/h8,11,16-17,20-22,24,36H,5-7,9-10,12-15,18-19H2,1-4H3,(H,33,34,35). The lowest BCUT2D eigenvalue weighted by Gasteiger charge is -2.39. The second-order valence-corrected chi connectivity index (χ2v) is 13.9. The van der Waals surface area contributed by atoms with Crippen molar-refractivity contribution < 1.29 is 26.7 Å². The number of nitrogens with one attached hydrogen (secondary N) is 2. The van der Waals surface area contributed by atoms with Crippen LogP contribution in [-0.2, 0) is 10.0 Å². The van der Waals surface area contributed by atoms with Crippen LogP contribution in [0.15, 0.2) is 30.7 Å². The molecule has 13 heteroatoms. The Balaban J connectivity index is 1.33. The van der Waals surface area contributed by atoms with Crippen molar-refractivity contribution in [2.45, 2.75) is 77.0 Å². The first-order chi connectivity index (χ1) is 20.4. The number of hydrogen-bond acceptors (Lipinski definition) is 8.